The van der Waals surface area contributed by atoms with Crippen molar-refractivity contribution in [3.05, 3.63) is 46.2 Å². The van der Waals surface area contributed by atoms with Gasteiger partial charge in [-0.25, -0.2) is 4.98 Å². The van der Waals surface area contributed by atoms with Gasteiger partial charge in [0.2, 0.25) is 12.3 Å². The minimum absolute atomic E-state index is 0.166. The number of benzene rings is 1. The quantitative estimate of drug-likeness (QED) is 0.804. The number of rotatable bonds is 3. The van der Waals surface area contributed by atoms with Gasteiger partial charge in [0.05, 0.1) is 10.7 Å². The second-order valence-corrected chi connectivity index (χ2v) is 5.63. The Kier molecular flexibility index (Phi) is 3.49. The number of carbonyl (C=O) groups excluding carboxylic acids is 1. The summed E-state index contributed by atoms with van der Waals surface area (Å²) in [5.74, 6) is 0.247. The van der Waals surface area contributed by atoms with Crippen molar-refractivity contribution < 1.29 is 9.21 Å². The summed E-state index contributed by atoms with van der Waals surface area (Å²) in [5.41, 5.74) is 2.16. The molecule has 6 nitrogen and oxygen atoms in total. The van der Waals surface area contributed by atoms with Crippen molar-refractivity contribution in [1.82, 2.24) is 15.2 Å². The van der Waals surface area contributed by atoms with Gasteiger partial charge in [0.25, 0.3) is 5.91 Å². The SMILES string of the molecule is Cc1nc(C)c(C(=O)Nc2cccc(-c3nnco3)c2)s1. The third kappa shape index (κ3) is 2.82. The predicted octanol–water partition coefficient (Wildman–Crippen LogP) is 3.06. The minimum Gasteiger partial charge on any atom is -0.423 e. The topological polar surface area (TPSA) is 80.9 Å². The van der Waals surface area contributed by atoms with E-state index in [-0.39, 0.29) is 5.91 Å². The smallest absolute Gasteiger partial charge is 0.267 e. The summed E-state index contributed by atoms with van der Waals surface area (Å²) in [5, 5.41) is 11.2. The van der Waals surface area contributed by atoms with Crippen molar-refractivity contribution in [3.8, 4) is 11.5 Å². The van der Waals surface area contributed by atoms with Crippen LogP contribution in [0.25, 0.3) is 11.5 Å². The van der Waals surface area contributed by atoms with Gasteiger partial charge in [-0.3, -0.25) is 4.79 Å². The highest BCUT2D eigenvalue weighted by Gasteiger charge is 2.14. The van der Waals surface area contributed by atoms with Gasteiger partial charge in [0, 0.05) is 11.3 Å². The molecule has 0 aliphatic heterocycles. The first-order chi connectivity index (χ1) is 10.1. The summed E-state index contributed by atoms with van der Waals surface area (Å²) in [6.45, 7) is 3.71. The van der Waals surface area contributed by atoms with Gasteiger partial charge in [-0.1, -0.05) is 6.07 Å². The van der Waals surface area contributed by atoms with Crippen molar-refractivity contribution in [1.29, 1.82) is 0 Å². The number of carbonyl (C=O) groups is 1. The molecule has 0 radical (unpaired) electrons. The van der Waals surface area contributed by atoms with Crippen LogP contribution in [0.4, 0.5) is 5.69 Å². The molecule has 2 heterocycles. The number of hydrogen-bond acceptors (Lipinski definition) is 6. The molecule has 21 heavy (non-hydrogen) atoms. The number of thiazole rings is 1. The van der Waals surface area contributed by atoms with E-state index in [2.05, 4.69) is 20.5 Å². The van der Waals surface area contributed by atoms with E-state index in [0.717, 1.165) is 16.3 Å². The molecule has 3 rings (SSSR count). The standard InChI is InChI=1S/C14H12N4O2S/c1-8-12(21-9(2)16-8)13(19)17-11-5-3-4-10(6-11)14-18-15-7-20-14/h3-7H,1-2H3,(H,17,19). The molecule has 7 heteroatoms. The van der Waals surface area contributed by atoms with Crippen LogP contribution in [0.3, 0.4) is 0 Å². The molecule has 106 valence electrons. The number of nitrogens with one attached hydrogen (secondary N) is 1. The first-order valence-electron chi connectivity index (χ1n) is 6.25. The van der Waals surface area contributed by atoms with Crippen molar-refractivity contribution in [2.45, 2.75) is 13.8 Å². The molecular formula is C14H12N4O2S. The van der Waals surface area contributed by atoms with E-state index < -0.39 is 0 Å². The van der Waals surface area contributed by atoms with Gasteiger partial charge in [0.15, 0.2) is 0 Å². The zero-order chi connectivity index (χ0) is 14.8. The van der Waals surface area contributed by atoms with Crippen LogP contribution in [0.15, 0.2) is 35.1 Å². The molecule has 1 aromatic carbocycles. The van der Waals surface area contributed by atoms with Crippen LogP contribution in [-0.4, -0.2) is 21.1 Å². The highest BCUT2D eigenvalue weighted by Crippen LogP contribution is 2.22. The molecule has 0 atom stereocenters. The highest BCUT2D eigenvalue weighted by molar-refractivity contribution is 7.13. The van der Waals surface area contributed by atoms with Gasteiger partial charge in [-0.05, 0) is 32.0 Å². The average Bonchev–Trinajstić information content (AvgIpc) is 3.08. The first-order valence-corrected chi connectivity index (χ1v) is 7.07. The summed E-state index contributed by atoms with van der Waals surface area (Å²) in [6.07, 6.45) is 1.27. The number of aromatic nitrogens is 3. The van der Waals surface area contributed by atoms with Crippen LogP contribution < -0.4 is 5.32 Å². The summed E-state index contributed by atoms with van der Waals surface area (Å²) < 4.78 is 5.14. The highest BCUT2D eigenvalue weighted by atomic mass is 32.1. The Morgan fingerprint density at radius 3 is 2.86 bits per heavy atom. The number of hydrogen-bond donors (Lipinski definition) is 1. The fraction of sp³-hybridized carbons (Fsp3) is 0.143. The molecule has 1 N–H and O–H groups in total. The molecule has 2 aromatic heterocycles. The van der Waals surface area contributed by atoms with E-state index in [4.69, 9.17) is 4.42 Å². The Hall–Kier alpha value is -2.54. The van der Waals surface area contributed by atoms with Crippen LogP contribution in [0.5, 0.6) is 0 Å². The monoisotopic (exact) mass is 300 g/mol. The van der Waals surface area contributed by atoms with Crippen LogP contribution >= 0.6 is 11.3 Å². The van der Waals surface area contributed by atoms with E-state index in [0.29, 0.717) is 16.5 Å². The summed E-state index contributed by atoms with van der Waals surface area (Å²) in [6, 6.07) is 7.25. The lowest BCUT2D eigenvalue weighted by Crippen LogP contribution is -2.11. The lowest BCUT2D eigenvalue weighted by atomic mass is 10.2. The second kappa shape index (κ2) is 5.45. The maximum Gasteiger partial charge on any atom is 0.267 e. The first kappa shape index (κ1) is 13.4. The van der Waals surface area contributed by atoms with Gasteiger partial charge in [-0.2, -0.15) is 0 Å². The Morgan fingerprint density at radius 1 is 1.33 bits per heavy atom. The average molecular weight is 300 g/mol. The Balaban J connectivity index is 1.84. The second-order valence-electron chi connectivity index (χ2n) is 4.43. The molecule has 0 bridgehead atoms. The predicted molar refractivity (Wildman–Crippen MR) is 79.3 cm³/mol. The normalized spacial score (nSPS) is 10.6. The van der Waals surface area contributed by atoms with Gasteiger partial charge in [-0.15, -0.1) is 21.5 Å². The largest absolute Gasteiger partial charge is 0.423 e. The molecule has 0 unspecified atom stereocenters. The third-order valence-corrected chi connectivity index (χ3v) is 3.91. The van der Waals surface area contributed by atoms with E-state index in [1.807, 2.05) is 26.0 Å². The Bertz CT molecular complexity index is 780. The van der Waals surface area contributed by atoms with E-state index in [1.54, 1.807) is 12.1 Å². The summed E-state index contributed by atoms with van der Waals surface area (Å²) >= 11 is 1.38. The van der Waals surface area contributed by atoms with Crippen LogP contribution in [0.1, 0.15) is 20.4 Å². The molecule has 1 amide bonds. The zero-order valence-electron chi connectivity index (χ0n) is 11.5. The fourth-order valence-corrected chi connectivity index (χ4v) is 2.77. The van der Waals surface area contributed by atoms with Crippen molar-refractivity contribution in [2.75, 3.05) is 5.32 Å². The van der Waals surface area contributed by atoms with Crippen molar-refractivity contribution >= 4 is 22.9 Å². The lowest BCUT2D eigenvalue weighted by Gasteiger charge is -2.05. The zero-order valence-corrected chi connectivity index (χ0v) is 12.3. The summed E-state index contributed by atoms with van der Waals surface area (Å²) in [4.78, 5) is 17.1. The summed E-state index contributed by atoms with van der Waals surface area (Å²) in [7, 11) is 0. The van der Waals surface area contributed by atoms with Crippen molar-refractivity contribution in [2.24, 2.45) is 0 Å². The van der Waals surface area contributed by atoms with E-state index >= 15 is 0 Å². The fourth-order valence-electron chi connectivity index (χ4n) is 1.96. The molecular weight excluding hydrogens is 288 g/mol. The van der Waals surface area contributed by atoms with Gasteiger partial charge < -0.3 is 9.73 Å². The number of nitrogens with zero attached hydrogens (tertiary/aromatic N) is 3. The maximum absolute atomic E-state index is 12.3. The molecule has 0 saturated carbocycles. The molecule has 0 saturated heterocycles. The lowest BCUT2D eigenvalue weighted by molar-refractivity contribution is 0.103. The molecule has 0 spiro atoms. The van der Waals surface area contributed by atoms with Crippen LogP contribution in [0.2, 0.25) is 0 Å². The van der Waals surface area contributed by atoms with E-state index in [9.17, 15) is 4.79 Å². The van der Waals surface area contributed by atoms with E-state index in [1.165, 1.54) is 17.7 Å². The number of aryl methyl sites for hydroxylation is 2. The molecule has 3 aromatic rings. The number of anilines is 1. The van der Waals surface area contributed by atoms with Crippen molar-refractivity contribution in [3.63, 3.8) is 0 Å². The van der Waals surface area contributed by atoms with Gasteiger partial charge >= 0.3 is 0 Å². The van der Waals surface area contributed by atoms with Crippen LogP contribution in [-0.2, 0) is 0 Å². The molecule has 0 aliphatic rings. The molecule has 0 aliphatic carbocycles. The Morgan fingerprint density at radius 2 is 2.19 bits per heavy atom. The minimum atomic E-state index is -0.166. The third-order valence-electron chi connectivity index (χ3n) is 2.84. The van der Waals surface area contributed by atoms with Crippen LogP contribution in [0, 0.1) is 13.8 Å². The number of amides is 1. The Labute approximate surface area is 124 Å². The molecule has 0 fully saturated rings. The maximum atomic E-state index is 12.3. The van der Waals surface area contributed by atoms with Gasteiger partial charge in [0.1, 0.15) is 4.88 Å².